The highest BCUT2D eigenvalue weighted by atomic mass is 13.9. The largest absolute Gasteiger partial charge is 0.103 e. The molecule has 0 aromatic heterocycles. The molecule has 0 saturated heterocycles. The second-order valence-electron chi connectivity index (χ2n) is 3.77. The molecule has 0 heterocycles. The van der Waals surface area contributed by atoms with Crippen molar-refractivity contribution in [2.75, 3.05) is 0 Å². The minimum Gasteiger partial charge on any atom is -0.103 e. The predicted octanol–water partition coefficient (Wildman–Crippen LogP) is 4.87. The first-order chi connectivity index (χ1) is 7.35. The summed E-state index contributed by atoms with van der Waals surface area (Å²) in [4.78, 5) is 0. The minimum atomic E-state index is 0.919. The summed E-state index contributed by atoms with van der Waals surface area (Å²) in [5.74, 6) is 6.49. The Morgan fingerprint density at radius 1 is 1.20 bits per heavy atom. The molecule has 0 fully saturated rings. The van der Waals surface area contributed by atoms with Crippen molar-refractivity contribution in [1.29, 1.82) is 0 Å². The highest BCUT2D eigenvalue weighted by Crippen LogP contribution is 2.05. The number of allylic oxidation sites excluding steroid dienone is 3. The van der Waals surface area contributed by atoms with Crippen molar-refractivity contribution in [3.05, 3.63) is 24.3 Å². The number of hydrogen-bond donors (Lipinski definition) is 0. The fourth-order valence-corrected chi connectivity index (χ4v) is 1.26. The van der Waals surface area contributed by atoms with Gasteiger partial charge in [-0.05, 0) is 19.3 Å². The number of hydrogen-bond acceptors (Lipinski definition) is 0. The van der Waals surface area contributed by atoms with Crippen LogP contribution >= 0.6 is 0 Å². The van der Waals surface area contributed by atoms with Gasteiger partial charge in [0.05, 0.1) is 0 Å². The molecule has 0 amide bonds. The van der Waals surface area contributed by atoms with Crippen LogP contribution in [0.2, 0.25) is 0 Å². The maximum Gasteiger partial charge on any atom is 0.00922 e. The molecule has 0 aromatic carbocycles. The van der Waals surface area contributed by atoms with E-state index in [2.05, 4.69) is 38.3 Å². The fourth-order valence-electron chi connectivity index (χ4n) is 1.26. The van der Waals surface area contributed by atoms with Gasteiger partial charge < -0.3 is 0 Å². The second kappa shape index (κ2) is 11.1. The average molecular weight is 204 g/mol. The number of rotatable bonds is 7. The van der Waals surface area contributed by atoms with Crippen molar-refractivity contribution in [1.82, 2.24) is 0 Å². The molecule has 0 spiro atoms. The van der Waals surface area contributed by atoms with Gasteiger partial charge in [0.1, 0.15) is 0 Å². The molecule has 0 unspecified atom stereocenters. The van der Waals surface area contributed by atoms with E-state index in [0.717, 1.165) is 19.3 Å². The fraction of sp³-hybridized carbons (Fsp3) is 0.600. The van der Waals surface area contributed by atoms with E-state index in [9.17, 15) is 0 Å². The maximum absolute atomic E-state index is 3.76. The summed E-state index contributed by atoms with van der Waals surface area (Å²) in [7, 11) is 0. The van der Waals surface area contributed by atoms with Crippen LogP contribution < -0.4 is 0 Å². The van der Waals surface area contributed by atoms with E-state index in [4.69, 9.17) is 0 Å². The molecular weight excluding hydrogens is 180 g/mol. The SMILES string of the molecule is C=CC/C(C#CCCCC)=C\CCCC. The van der Waals surface area contributed by atoms with Crippen LogP contribution in [-0.4, -0.2) is 0 Å². The van der Waals surface area contributed by atoms with Crippen LogP contribution in [-0.2, 0) is 0 Å². The summed E-state index contributed by atoms with van der Waals surface area (Å²) < 4.78 is 0. The molecule has 84 valence electrons. The average Bonchev–Trinajstić information content (AvgIpc) is 2.24. The van der Waals surface area contributed by atoms with E-state index in [0.29, 0.717) is 0 Å². The lowest BCUT2D eigenvalue weighted by molar-refractivity contribution is 0.811. The summed E-state index contributed by atoms with van der Waals surface area (Å²) in [6, 6.07) is 0. The van der Waals surface area contributed by atoms with Crippen molar-refractivity contribution in [2.24, 2.45) is 0 Å². The van der Waals surface area contributed by atoms with Crippen molar-refractivity contribution in [3.63, 3.8) is 0 Å². The monoisotopic (exact) mass is 204 g/mol. The third kappa shape index (κ3) is 9.35. The van der Waals surface area contributed by atoms with Gasteiger partial charge in [-0.15, -0.1) is 6.58 Å². The summed E-state index contributed by atoms with van der Waals surface area (Å²) in [6.45, 7) is 8.18. The van der Waals surface area contributed by atoms with Crippen LogP contribution in [0.4, 0.5) is 0 Å². The van der Waals surface area contributed by atoms with Crippen molar-refractivity contribution in [3.8, 4) is 11.8 Å². The second-order valence-corrected chi connectivity index (χ2v) is 3.77. The molecule has 0 heteroatoms. The van der Waals surface area contributed by atoms with Crippen LogP contribution in [0.25, 0.3) is 0 Å². The highest BCUT2D eigenvalue weighted by molar-refractivity contribution is 5.30. The molecule has 0 radical (unpaired) electrons. The first kappa shape index (κ1) is 14.0. The highest BCUT2D eigenvalue weighted by Gasteiger charge is 1.88. The Hall–Kier alpha value is -0.960. The van der Waals surface area contributed by atoms with Gasteiger partial charge in [0.2, 0.25) is 0 Å². The summed E-state index contributed by atoms with van der Waals surface area (Å²) in [6.07, 6.45) is 12.3. The van der Waals surface area contributed by atoms with E-state index >= 15 is 0 Å². The van der Waals surface area contributed by atoms with Crippen molar-refractivity contribution < 1.29 is 0 Å². The Morgan fingerprint density at radius 2 is 1.93 bits per heavy atom. The maximum atomic E-state index is 3.76. The molecule has 0 N–H and O–H groups in total. The Balaban J connectivity index is 4.04. The molecule has 15 heavy (non-hydrogen) atoms. The van der Waals surface area contributed by atoms with Crippen molar-refractivity contribution in [2.45, 2.75) is 58.8 Å². The van der Waals surface area contributed by atoms with Gasteiger partial charge in [0.25, 0.3) is 0 Å². The van der Waals surface area contributed by atoms with Crippen molar-refractivity contribution >= 4 is 0 Å². The molecule has 0 aromatic rings. The van der Waals surface area contributed by atoms with E-state index in [1.165, 1.54) is 31.3 Å². The lowest BCUT2D eigenvalue weighted by atomic mass is 10.1. The summed E-state index contributed by atoms with van der Waals surface area (Å²) in [5, 5.41) is 0. The smallest absolute Gasteiger partial charge is 0.00922 e. The van der Waals surface area contributed by atoms with E-state index in [-0.39, 0.29) is 0 Å². The number of unbranched alkanes of at least 4 members (excludes halogenated alkanes) is 4. The van der Waals surface area contributed by atoms with Crippen LogP contribution in [0.15, 0.2) is 24.3 Å². The van der Waals surface area contributed by atoms with Crippen LogP contribution in [0.3, 0.4) is 0 Å². The van der Waals surface area contributed by atoms with E-state index < -0.39 is 0 Å². The third-order valence-electron chi connectivity index (χ3n) is 2.22. The normalized spacial score (nSPS) is 10.7. The molecular formula is C15H24. The van der Waals surface area contributed by atoms with Gasteiger partial charge in [-0.3, -0.25) is 0 Å². The van der Waals surface area contributed by atoms with Crippen LogP contribution in [0, 0.1) is 11.8 Å². The van der Waals surface area contributed by atoms with Gasteiger partial charge in [0.15, 0.2) is 0 Å². The van der Waals surface area contributed by atoms with Crippen LogP contribution in [0.5, 0.6) is 0 Å². The quantitative estimate of drug-likeness (QED) is 0.315. The molecule has 0 atom stereocenters. The Labute approximate surface area is 95.5 Å². The Bertz CT molecular complexity index is 234. The lowest BCUT2D eigenvalue weighted by Gasteiger charge is -1.95. The zero-order valence-electron chi connectivity index (χ0n) is 10.3. The Kier molecular flexibility index (Phi) is 10.4. The topological polar surface area (TPSA) is 0 Å². The first-order valence-electron chi connectivity index (χ1n) is 6.13. The molecule has 0 saturated carbocycles. The molecule has 0 bridgehead atoms. The molecule has 0 aliphatic heterocycles. The standard InChI is InChI=1S/C15H24/c1-4-7-9-11-14-15(12-6-3)13-10-8-5-2/h6,13H,3-5,7-10,12H2,1-2H3/b15-13+. The first-order valence-corrected chi connectivity index (χ1v) is 6.13. The molecule has 0 aliphatic rings. The zero-order chi connectivity index (χ0) is 11.4. The Morgan fingerprint density at radius 3 is 2.53 bits per heavy atom. The summed E-state index contributed by atoms with van der Waals surface area (Å²) in [5.41, 5.74) is 1.24. The van der Waals surface area contributed by atoms with E-state index in [1.54, 1.807) is 0 Å². The summed E-state index contributed by atoms with van der Waals surface area (Å²) >= 11 is 0. The van der Waals surface area contributed by atoms with Gasteiger partial charge in [-0.2, -0.15) is 0 Å². The van der Waals surface area contributed by atoms with Gasteiger partial charge in [-0.1, -0.05) is 57.1 Å². The van der Waals surface area contributed by atoms with Gasteiger partial charge >= 0.3 is 0 Å². The minimum absolute atomic E-state index is 0.919. The van der Waals surface area contributed by atoms with E-state index in [1.807, 2.05) is 6.08 Å². The predicted molar refractivity (Wildman–Crippen MR) is 69.7 cm³/mol. The zero-order valence-corrected chi connectivity index (χ0v) is 10.3. The van der Waals surface area contributed by atoms with Gasteiger partial charge in [-0.25, -0.2) is 0 Å². The third-order valence-corrected chi connectivity index (χ3v) is 2.22. The molecule has 0 aliphatic carbocycles. The molecule has 0 rings (SSSR count). The van der Waals surface area contributed by atoms with Gasteiger partial charge in [0, 0.05) is 12.0 Å². The molecule has 0 nitrogen and oxygen atoms in total. The lowest BCUT2D eigenvalue weighted by Crippen LogP contribution is -1.78. The van der Waals surface area contributed by atoms with Crippen LogP contribution in [0.1, 0.15) is 58.8 Å².